The molecule has 140 valence electrons. The summed E-state index contributed by atoms with van der Waals surface area (Å²) >= 11 is 0. The Labute approximate surface area is 166 Å². The van der Waals surface area contributed by atoms with E-state index in [1.807, 2.05) is 52.8 Å². The van der Waals surface area contributed by atoms with Crippen molar-refractivity contribution in [2.24, 2.45) is 7.05 Å². The first-order valence-electron chi connectivity index (χ1n) is 9.02. The van der Waals surface area contributed by atoms with Crippen LogP contribution in [0.3, 0.4) is 0 Å². The van der Waals surface area contributed by atoms with Gasteiger partial charge in [0.2, 0.25) is 0 Å². The van der Waals surface area contributed by atoms with Gasteiger partial charge in [-0.15, -0.1) is 0 Å². The van der Waals surface area contributed by atoms with Gasteiger partial charge in [0.05, 0.1) is 30.0 Å². The Kier molecular flexibility index (Phi) is 3.78. The third-order valence-electron chi connectivity index (χ3n) is 4.98. The highest BCUT2D eigenvalue weighted by molar-refractivity contribution is 5.93. The Hall–Kier alpha value is -4.18. The minimum absolute atomic E-state index is 0.439. The van der Waals surface area contributed by atoms with Crippen LogP contribution in [0.4, 0.5) is 0 Å². The lowest BCUT2D eigenvalue weighted by atomic mass is 10.00. The summed E-state index contributed by atoms with van der Waals surface area (Å²) in [5, 5.41) is 10.2. The largest absolute Gasteiger partial charge is 0.468 e. The van der Waals surface area contributed by atoms with E-state index < -0.39 is 0 Å². The Morgan fingerprint density at radius 2 is 1.83 bits per heavy atom. The lowest BCUT2D eigenvalue weighted by molar-refractivity contribution is 0.375. The molecule has 0 N–H and O–H groups in total. The number of hydrogen-bond donors (Lipinski definition) is 0. The molecule has 7 heteroatoms. The zero-order chi connectivity index (χ0) is 20.0. The Morgan fingerprint density at radius 1 is 1.00 bits per heavy atom. The van der Waals surface area contributed by atoms with E-state index in [2.05, 4.69) is 22.1 Å². The quantitative estimate of drug-likeness (QED) is 0.475. The van der Waals surface area contributed by atoms with Crippen LogP contribution in [0, 0.1) is 11.3 Å². The zero-order valence-electron chi connectivity index (χ0n) is 15.9. The van der Waals surface area contributed by atoms with E-state index in [9.17, 15) is 0 Å². The van der Waals surface area contributed by atoms with Crippen molar-refractivity contribution >= 4 is 16.7 Å². The third-order valence-corrected chi connectivity index (χ3v) is 4.98. The molecule has 0 saturated heterocycles. The fraction of sp³-hybridized carbons (Fsp3) is 0.0909. The van der Waals surface area contributed by atoms with Gasteiger partial charge in [0, 0.05) is 48.3 Å². The van der Waals surface area contributed by atoms with E-state index in [-0.39, 0.29) is 0 Å². The average molecular weight is 380 g/mol. The van der Waals surface area contributed by atoms with Gasteiger partial charge in [-0.25, -0.2) is 9.97 Å². The molecule has 0 atom stereocenters. The Balaban J connectivity index is 1.84. The molecule has 5 rings (SSSR count). The van der Waals surface area contributed by atoms with Gasteiger partial charge in [-0.1, -0.05) is 12.1 Å². The monoisotopic (exact) mass is 380 g/mol. The molecule has 5 aromatic rings. The van der Waals surface area contributed by atoms with Crippen molar-refractivity contribution in [2.45, 2.75) is 0 Å². The molecule has 0 aliphatic carbocycles. The van der Waals surface area contributed by atoms with Gasteiger partial charge in [-0.05, 0) is 24.3 Å². The number of benzene rings is 1. The molecule has 7 nitrogen and oxygen atoms in total. The van der Waals surface area contributed by atoms with Crippen molar-refractivity contribution in [3.63, 3.8) is 0 Å². The van der Waals surface area contributed by atoms with Crippen LogP contribution in [-0.2, 0) is 7.05 Å². The van der Waals surface area contributed by atoms with Crippen molar-refractivity contribution in [2.75, 3.05) is 7.11 Å². The summed E-state index contributed by atoms with van der Waals surface area (Å²) in [7, 11) is 3.56. The molecule has 0 fully saturated rings. The first kappa shape index (κ1) is 17.0. The molecule has 4 heterocycles. The number of hydrogen-bond acceptors (Lipinski definition) is 5. The highest BCUT2D eigenvalue weighted by Gasteiger charge is 2.19. The molecule has 0 radical (unpaired) electrons. The number of imidazole rings is 1. The van der Waals surface area contributed by atoms with E-state index in [0.29, 0.717) is 11.6 Å². The first-order valence-corrected chi connectivity index (χ1v) is 9.02. The van der Waals surface area contributed by atoms with Gasteiger partial charge < -0.3 is 9.30 Å². The van der Waals surface area contributed by atoms with Crippen LogP contribution in [0.15, 0.2) is 61.2 Å². The normalized spacial score (nSPS) is 11.1. The summed E-state index contributed by atoms with van der Waals surface area (Å²) in [6.07, 6.45) is 7.37. The Bertz CT molecular complexity index is 1410. The maximum atomic E-state index is 9.12. The molecule has 0 aliphatic rings. The molecule has 4 aromatic heterocycles. The van der Waals surface area contributed by atoms with E-state index in [1.165, 1.54) is 0 Å². The maximum Gasteiger partial charge on any atom is 0.302 e. The summed E-state index contributed by atoms with van der Waals surface area (Å²) in [6, 6.07) is 14.0. The van der Waals surface area contributed by atoms with E-state index >= 15 is 0 Å². The van der Waals surface area contributed by atoms with Gasteiger partial charge in [0.15, 0.2) is 5.65 Å². The van der Waals surface area contributed by atoms with Crippen LogP contribution in [0.1, 0.15) is 5.56 Å². The Morgan fingerprint density at radius 3 is 2.59 bits per heavy atom. The molecule has 0 aliphatic heterocycles. The summed E-state index contributed by atoms with van der Waals surface area (Å²) in [6.45, 7) is 0. The van der Waals surface area contributed by atoms with Crippen LogP contribution < -0.4 is 4.74 Å². The summed E-state index contributed by atoms with van der Waals surface area (Å²) in [5.41, 5.74) is 5.60. The highest BCUT2D eigenvalue weighted by Crippen LogP contribution is 2.36. The van der Waals surface area contributed by atoms with Crippen LogP contribution in [0.2, 0.25) is 0 Å². The molecule has 0 amide bonds. The zero-order valence-corrected chi connectivity index (χ0v) is 15.9. The van der Waals surface area contributed by atoms with Crippen molar-refractivity contribution < 1.29 is 4.74 Å². The number of rotatable bonds is 3. The van der Waals surface area contributed by atoms with Crippen molar-refractivity contribution in [3.05, 3.63) is 66.7 Å². The summed E-state index contributed by atoms with van der Waals surface area (Å²) in [5.74, 6) is 0. The molecular formula is C22H16N6O. The second kappa shape index (κ2) is 6.46. The first-order chi connectivity index (χ1) is 14.2. The lowest BCUT2D eigenvalue weighted by Crippen LogP contribution is -2.02. The SMILES string of the molecule is COc1nc(-c2ccc(C#N)cc2)c(-c2cnc3c(ccn3C)c2)c2nccn12. The number of nitriles is 1. The van der Waals surface area contributed by atoms with Gasteiger partial charge in [0.25, 0.3) is 0 Å². The fourth-order valence-corrected chi connectivity index (χ4v) is 3.57. The number of pyridine rings is 1. The minimum atomic E-state index is 0.439. The molecule has 0 bridgehead atoms. The molecule has 0 spiro atoms. The topological polar surface area (TPSA) is 81.0 Å². The smallest absolute Gasteiger partial charge is 0.302 e. The predicted molar refractivity (Wildman–Crippen MR) is 109 cm³/mol. The van der Waals surface area contributed by atoms with Crippen LogP contribution >= 0.6 is 0 Å². The van der Waals surface area contributed by atoms with Gasteiger partial charge in [-0.3, -0.25) is 4.40 Å². The van der Waals surface area contributed by atoms with Crippen LogP contribution in [0.5, 0.6) is 6.01 Å². The van der Waals surface area contributed by atoms with Gasteiger partial charge in [0.1, 0.15) is 5.65 Å². The van der Waals surface area contributed by atoms with Crippen LogP contribution in [0.25, 0.3) is 39.1 Å². The number of aromatic nitrogens is 5. The van der Waals surface area contributed by atoms with Crippen LogP contribution in [-0.4, -0.2) is 31.0 Å². The van der Waals surface area contributed by atoms with Crippen molar-refractivity contribution in [1.29, 1.82) is 5.26 Å². The predicted octanol–water partition coefficient (Wildman–Crippen LogP) is 3.83. The highest BCUT2D eigenvalue weighted by atomic mass is 16.5. The summed E-state index contributed by atoms with van der Waals surface area (Å²) < 4.78 is 9.30. The van der Waals surface area contributed by atoms with E-state index in [1.54, 1.807) is 25.4 Å². The molecule has 1 aromatic carbocycles. The molecule has 0 saturated carbocycles. The fourth-order valence-electron chi connectivity index (χ4n) is 3.57. The van der Waals surface area contributed by atoms with Crippen molar-refractivity contribution in [3.8, 4) is 34.5 Å². The van der Waals surface area contributed by atoms with E-state index in [4.69, 9.17) is 15.0 Å². The second-order valence-corrected chi connectivity index (χ2v) is 6.70. The average Bonchev–Trinajstić information content (AvgIpc) is 3.39. The standard InChI is InChI=1S/C22H16N6O/c1-27-9-7-16-11-17(13-25-20(16)27)18-19(15-5-3-14(12-23)4-6-15)26-22(29-2)28-10-8-24-21(18)28/h3-11,13H,1-2H3. The number of ether oxygens (including phenoxy) is 1. The van der Waals surface area contributed by atoms with E-state index in [0.717, 1.165) is 39.1 Å². The van der Waals surface area contributed by atoms with Crippen molar-refractivity contribution in [1.82, 2.24) is 23.9 Å². The third kappa shape index (κ3) is 2.62. The maximum absolute atomic E-state index is 9.12. The molecule has 29 heavy (non-hydrogen) atoms. The number of aryl methyl sites for hydroxylation is 1. The number of methoxy groups -OCH3 is 1. The second-order valence-electron chi connectivity index (χ2n) is 6.70. The van der Waals surface area contributed by atoms with Gasteiger partial charge in [-0.2, -0.15) is 10.2 Å². The summed E-state index contributed by atoms with van der Waals surface area (Å²) in [4.78, 5) is 14.0. The number of nitrogens with zero attached hydrogens (tertiary/aromatic N) is 6. The number of fused-ring (bicyclic) bond motifs is 2. The minimum Gasteiger partial charge on any atom is -0.468 e. The molecular weight excluding hydrogens is 364 g/mol. The molecule has 0 unspecified atom stereocenters. The lowest BCUT2D eigenvalue weighted by Gasteiger charge is -2.14. The van der Waals surface area contributed by atoms with Gasteiger partial charge >= 0.3 is 6.01 Å².